The monoisotopic (exact) mass is 545 g/mol. The van der Waals surface area contributed by atoms with Gasteiger partial charge in [0.15, 0.2) is 0 Å². The number of hydrogen-bond acceptors (Lipinski definition) is 4. The molecule has 0 aliphatic heterocycles. The Labute approximate surface area is 227 Å². The standard InChI is InChI=1S/C27H33Cl2N5O3/c1-17-7-8-19(13-18(17)2)30-26(36)33(11-12-37-6)16-25(35)31-24-15-23(27(3,4)5)32-34(24)20-9-10-21(28)22(29)14-20/h7-10,13-15H,11-12,16H2,1-6H3,(H,30,36)(H,31,35). The molecule has 3 aromatic rings. The molecule has 2 N–H and O–H groups in total. The summed E-state index contributed by atoms with van der Waals surface area (Å²) in [6.07, 6.45) is 0. The molecule has 0 spiro atoms. The van der Waals surface area contributed by atoms with Gasteiger partial charge in [-0.3, -0.25) is 4.79 Å². The zero-order valence-electron chi connectivity index (χ0n) is 22.0. The van der Waals surface area contributed by atoms with Gasteiger partial charge in [-0.25, -0.2) is 9.48 Å². The average Bonchev–Trinajstić information content (AvgIpc) is 3.25. The van der Waals surface area contributed by atoms with Gasteiger partial charge in [-0.1, -0.05) is 50.0 Å². The molecule has 0 fully saturated rings. The van der Waals surface area contributed by atoms with Crippen molar-refractivity contribution in [3.63, 3.8) is 0 Å². The molecule has 0 radical (unpaired) electrons. The predicted octanol–water partition coefficient (Wildman–Crippen LogP) is 6.21. The minimum Gasteiger partial charge on any atom is -0.383 e. The summed E-state index contributed by atoms with van der Waals surface area (Å²) in [6.45, 7) is 10.4. The molecular weight excluding hydrogens is 513 g/mol. The molecule has 0 aliphatic carbocycles. The van der Waals surface area contributed by atoms with Crippen molar-refractivity contribution in [2.75, 3.05) is 37.4 Å². The molecule has 1 aromatic heterocycles. The Kier molecular flexibility index (Phi) is 9.23. The van der Waals surface area contributed by atoms with Crippen molar-refractivity contribution in [1.82, 2.24) is 14.7 Å². The summed E-state index contributed by atoms with van der Waals surface area (Å²) in [6, 6.07) is 12.2. The largest absolute Gasteiger partial charge is 0.383 e. The van der Waals surface area contributed by atoms with Gasteiger partial charge in [0.05, 0.1) is 28.0 Å². The van der Waals surface area contributed by atoms with Crippen molar-refractivity contribution in [2.45, 2.75) is 40.0 Å². The van der Waals surface area contributed by atoms with Crippen LogP contribution in [0.2, 0.25) is 10.0 Å². The number of carbonyl (C=O) groups excluding carboxylic acids is 2. The molecule has 3 amide bonds. The van der Waals surface area contributed by atoms with Crippen molar-refractivity contribution in [3.8, 4) is 5.69 Å². The van der Waals surface area contributed by atoms with Crippen LogP contribution in [0.3, 0.4) is 0 Å². The maximum absolute atomic E-state index is 13.1. The predicted molar refractivity (Wildman–Crippen MR) is 149 cm³/mol. The molecule has 1 heterocycles. The van der Waals surface area contributed by atoms with Crippen molar-refractivity contribution in [3.05, 3.63) is 69.3 Å². The first kappa shape index (κ1) is 28.5. The maximum Gasteiger partial charge on any atom is 0.322 e. The summed E-state index contributed by atoms with van der Waals surface area (Å²) < 4.78 is 6.76. The smallest absolute Gasteiger partial charge is 0.322 e. The highest BCUT2D eigenvalue weighted by molar-refractivity contribution is 6.42. The Hall–Kier alpha value is -3.07. The Bertz CT molecular complexity index is 1280. The number of urea groups is 1. The lowest BCUT2D eigenvalue weighted by atomic mass is 9.92. The van der Waals surface area contributed by atoms with Gasteiger partial charge in [-0.15, -0.1) is 0 Å². The summed E-state index contributed by atoms with van der Waals surface area (Å²) in [7, 11) is 1.54. The topological polar surface area (TPSA) is 88.5 Å². The number of hydrogen-bond donors (Lipinski definition) is 2. The van der Waals surface area contributed by atoms with Crippen LogP contribution in [0.1, 0.15) is 37.6 Å². The fraction of sp³-hybridized carbons (Fsp3) is 0.370. The first-order chi connectivity index (χ1) is 17.4. The first-order valence-corrected chi connectivity index (χ1v) is 12.6. The minimum atomic E-state index is -0.399. The second-order valence-electron chi connectivity index (χ2n) is 9.87. The lowest BCUT2D eigenvalue weighted by Gasteiger charge is -2.22. The molecule has 0 unspecified atom stereocenters. The number of nitrogens with zero attached hydrogens (tertiary/aromatic N) is 3. The highest BCUT2D eigenvalue weighted by Gasteiger charge is 2.23. The van der Waals surface area contributed by atoms with E-state index >= 15 is 0 Å². The van der Waals surface area contributed by atoms with Crippen molar-refractivity contribution < 1.29 is 14.3 Å². The molecule has 8 nitrogen and oxygen atoms in total. The van der Waals surface area contributed by atoms with E-state index in [1.165, 1.54) is 4.90 Å². The van der Waals surface area contributed by atoms with Crippen LogP contribution in [0.15, 0.2) is 42.5 Å². The third kappa shape index (κ3) is 7.47. The number of amides is 3. The third-order valence-corrected chi connectivity index (χ3v) is 6.58. The number of anilines is 2. The molecule has 0 saturated heterocycles. The lowest BCUT2D eigenvalue weighted by molar-refractivity contribution is -0.116. The van der Waals surface area contributed by atoms with Gasteiger partial charge in [0.25, 0.3) is 0 Å². The van der Waals surface area contributed by atoms with Gasteiger partial charge in [0.2, 0.25) is 5.91 Å². The number of aromatic nitrogens is 2. The molecule has 0 bridgehead atoms. The number of nitrogens with one attached hydrogen (secondary N) is 2. The molecule has 0 atom stereocenters. The summed E-state index contributed by atoms with van der Waals surface area (Å²) in [5.74, 6) is 0.0718. The molecule has 37 heavy (non-hydrogen) atoms. The van der Waals surface area contributed by atoms with Crippen LogP contribution in [-0.4, -0.2) is 53.4 Å². The maximum atomic E-state index is 13.1. The second kappa shape index (κ2) is 12.0. The molecule has 0 aliphatic rings. The van der Waals surface area contributed by atoms with E-state index in [-0.39, 0.29) is 31.0 Å². The van der Waals surface area contributed by atoms with Crippen LogP contribution in [0.25, 0.3) is 5.69 Å². The molecule has 2 aromatic carbocycles. The molecule has 3 rings (SSSR count). The lowest BCUT2D eigenvalue weighted by Crippen LogP contribution is -2.42. The number of methoxy groups -OCH3 is 1. The number of aryl methyl sites for hydroxylation is 2. The zero-order chi connectivity index (χ0) is 27.3. The summed E-state index contributed by atoms with van der Waals surface area (Å²) in [4.78, 5) is 27.6. The normalized spacial score (nSPS) is 11.4. The SMILES string of the molecule is COCCN(CC(=O)Nc1cc(C(C)(C)C)nn1-c1ccc(Cl)c(Cl)c1)C(=O)Nc1ccc(C)c(C)c1. The number of halogens is 2. The van der Waals surface area contributed by atoms with Gasteiger partial charge in [0.1, 0.15) is 12.4 Å². The van der Waals surface area contributed by atoms with Crippen LogP contribution < -0.4 is 10.6 Å². The first-order valence-electron chi connectivity index (χ1n) is 11.9. The quantitative estimate of drug-likeness (QED) is 0.352. The molecular formula is C27H33Cl2N5O3. The highest BCUT2D eigenvalue weighted by Crippen LogP contribution is 2.29. The Morgan fingerprint density at radius 2 is 1.73 bits per heavy atom. The summed E-state index contributed by atoms with van der Waals surface area (Å²) >= 11 is 12.3. The fourth-order valence-corrected chi connectivity index (χ4v) is 3.77. The van der Waals surface area contributed by atoms with E-state index in [0.717, 1.165) is 16.8 Å². The molecule has 0 saturated carbocycles. The van der Waals surface area contributed by atoms with Crippen LogP contribution in [-0.2, 0) is 14.9 Å². The van der Waals surface area contributed by atoms with Gasteiger partial charge in [-0.05, 0) is 55.3 Å². The summed E-state index contributed by atoms with van der Waals surface area (Å²) in [5.41, 5.74) is 3.99. The van der Waals surface area contributed by atoms with Gasteiger partial charge in [0, 0.05) is 30.8 Å². The van der Waals surface area contributed by atoms with Crippen molar-refractivity contribution in [1.29, 1.82) is 0 Å². The van der Waals surface area contributed by atoms with E-state index in [1.54, 1.807) is 30.0 Å². The second-order valence-corrected chi connectivity index (χ2v) is 10.7. The summed E-state index contributed by atoms with van der Waals surface area (Å²) in [5, 5.41) is 11.3. The Morgan fingerprint density at radius 3 is 2.35 bits per heavy atom. The fourth-order valence-electron chi connectivity index (χ4n) is 3.48. The zero-order valence-corrected chi connectivity index (χ0v) is 23.5. The van der Waals surface area contributed by atoms with Crippen molar-refractivity contribution >= 4 is 46.6 Å². The van der Waals surface area contributed by atoms with Crippen molar-refractivity contribution in [2.24, 2.45) is 0 Å². The van der Waals surface area contributed by atoms with Crippen LogP contribution >= 0.6 is 23.2 Å². The van der Waals surface area contributed by atoms with E-state index in [9.17, 15) is 9.59 Å². The number of carbonyl (C=O) groups is 2. The van der Waals surface area contributed by atoms with E-state index in [0.29, 0.717) is 27.2 Å². The van der Waals surface area contributed by atoms with E-state index in [1.807, 2.05) is 58.9 Å². The Morgan fingerprint density at radius 1 is 1.00 bits per heavy atom. The van der Waals surface area contributed by atoms with Gasteiger partial charge < -0.3 is 20.3 Å². The average molecular weight is 546 g/mol. The van der Waals surface area contributed by atoms with E-state index < -0.39 is 6.03 Å². The van der Waals surface area contributed by atoms with E-state index in [4.69, 9.17) is 33.0 Å². The van der Waals surface area contributed by atoms with Crippen LogP contribution in [0, 0.1) is 13.8 Å². The van der Waals surface area contributed by atoms with Crippen LogP contribution in [0.5, 0.6) is 0 Å². The van der Waals surface area contributed by atoms with Gasteiger partial charge in [-0.2, -0.15) is 5.10 Å². The van der Waals surface area contributed by atoms with E-state index in [2.05, 4.69) is 10.6 Å². The van der Waals surface area contributed by atoms with Crippen LogP contribution in [0.4, 0.5) is 16.3 Å². The highest BCUT2D eigenvalue weighted by atomic mass is 35.5. The van der Waals surface area contributed by atoms with Gasteiger partial charge >= 0.3 is 6.03 Å². The number of ether oxygens (including phenoxy) is 1. The Balaban J connectivity index is 1.83. The number of benzene rings is 2. The molecule has 198 valence electrons. The molecule has 10 heteroatoms. The third-order valence-electron chi connectivity index (χ3n) is 5.84. The minimum absolute atomic E-state index is 0.183. The number of rotatable bonds is 8.